The van der Waals surface area contributed by atoms with E-state index in [2.05, 4.69) is 61.8 Å². The molecule has 160 valence electrons. The highest BCUT2D eigenvalue weighted by molar-refractivity contribution is 7.17. The molecule has 0 aliphatic carbocycles. The van der Waals surface area contributed by atoms with Gasteiger partial charge in [-0.05, 0) is 29.9 Å². The zero-order valence-electron chi connectivity index (χ0n) is 18.7. The molecule has 3 rings (SSSR count). The number of aromatic amines is 1. The summed E-state index contributed by atoms with van der Waals surface area (Å²) in [7, 11) is 0. The van der Waals surface area contributed by atoms with E-state index in [1.54, 1.807) is 12.4 Å². The van der Waals surface area contributed by atoms with Crippen molar-refractivity contribution in [1.82, 2.24) is 20.3 Å². The summed E-state index contributed by atoms with van der Waals surface area (Å²) in [6.07, 6.45) is 3.81. The van der Waals surface area contributed by atoms with Crippen LogP contribution in [0.4, 0.5) is 0 Å². The summed E-state index contributed by atoms with van der Waals surface area (Å²) in [6, 6.07) is 3.74. The minimum absolute atomic E-state index is 0.000209. The lowest BCUT2D eigenvalue weighted by atomic mass is 9.88. The van der Waals surface area contributed by atoms with E-state index in [0.717, 1.165) is 4.88 Å². The standard InChI is InChI=1S/C23H30N4O2S/c1-13(23(5,6)7)26-21(29)14-11-24-20-19(14)27-15(12-25-20)17-8-9-18(30-17)16(28)10-22(2,3)4/h8-9,11-13H,10H2,1-7H3,(H,24,25)(H,26,29)/t13-/m0/s1. The Kier molecular flexibility index (Phi) is 5.87. The van der Waals surface area contributed by atoms with Gasteiger partial charge in [-0.3, -0.25) is 9.59 Å². The van der Waals surface area contributed by atoms with Crippen LogP contribution in [-0.2, 0) is 0 Å². The van der Waals surface area contributed by atoms with Gasteiger partial charge in [0.2, 0.25) is 0 Å². The Bertz CT molecular complexity index is 1080. The van der Waals surface area contributed by atoms with Crippen LogP contribution in [0.3, 0.4) is 0 Å². The Morgan fingerprint density at radius 2 is 1.87 bits per heavy atom. The van der Waals surface area contributed by atoms with Gasteiger partial charge in [0.1, 0.15) is 5.52 Å². The molecule has 0 fully saturated rings. The van der Waals surface area contributed by atoms with Gasteiger partial charge in [-0.1, -0.05) is 41.5 Å². The monoisotopic (exact) mass is 426 g/mol. The minimum atomic E-state index is -0.178. The second-order valence-electron chi connectivity index (χ2n) is 10.0. The van der Waals surface area contributed by atoms with Gasteiger partial charge in [0, 0.05) is 18.7 Å². The van der Waals surface area contributed by atoms with Crippen LogP contribution in [0.5, 0.6) is 0 Å². The van der Waals surface area contributed by atoms with Crippen molar-refractivity contribution in [3.63, 3.8) is 0 Å². The summed E-state index contributed by atoms with van der Waals surface area (Å²) in [5.41, 5.74) is 2.11. The molecule has 3 aromatic rings. The highest BCUT2D eigenvalue weighted by atomic mass is 32.1. The van der Waals surface area contributed by atoms with Gasteiger partial charge in [-0.15, -0.1) is 11.3 Å². The number of hydrogen-bond donors (Lipinski definition) is 2. The van der Waals surface area contributed by atoms with Gasteiger partial charge >= 0.3 is 0 Å². The molecule has 0 bridgehead atoms. The molecule has 0 saturated heterocycles. The number of thiophene rings is 1. The molecule has 1 amide bonds. The number of nitrogens with zero attached hydrogens (tertiary/aromatic N) is 2. The lowest BCUT2D eigenvalue weighted by Crippen LogP contribution is -2.41. The number of carbonyl (C=O) groups is 2. The van der Waals surface area contributed by atoms with E-state index < -0.39 is 0 Å². The molecule has 3 aromatic heterocycles. The number of aromatic nitrogens is 3. The number of rotatable bonds is 5. The molecule has 0 aliphatic rings. The van der Waals surface area contributed by atoms with Crippen LogP contribution in [0.1, 0.15) is 74.9 Å². The zero-order chi connectivity index (χ0) is 22.3. The van der Waals surface area contributed by atoms with E-state index in [4.69, 9.17) is 0 Å². The average molecular weight is 427 g/mol. The molecule has 6 nitrogen and oxygen atoms in total. The first kappa shape index (κ1) is 22.2. The molecule has 0 radical (unpaired) electrons. The number of nitrogens with one attached hydrogen (secondary N) is 2. The predicted octanol–water partition coefficient (Wildman–Crippen LogP) is 5.47. The van der Waals surface area contributed by atoms with E-state index in [0.29, 0.717) is 33.7 Å². The Labute approximate surface area is 181 Å². The zero-order valence-corrected chi connectivity index (χ0v) is 19.5. The van der Waals surface area contributed by atoms with E-state index in [9.17, 15) is 9.59 Å². The van der Waals surface area contributed by atoms with Gasteiger partial charge in [0.15, 0.2) is 11.4 Å². The number of ketones is 1. The quantitative estimate of drug-likeness (QED) is 0.530. The summed E-state index contributed by atoms with van der Waals surface area (Å²) in [4.78, 5) is 39.0. The van der Waals surface area contributed by atoms with Crippen molar-refractivity contribution < 1.29 is 9.59 Å². The van der Waals surface area contributed by atoms with Gasteiger partial charge in [0.25, 0.3) is 5.91 Å². The van der Waals surface area contributed by atoms with Gasteiger partial charge in [-0.2, -0.15) is 0 Å². The summed E-state index contributed by atoms with van der Waals surface area (Å²) < 4.78 is 0. The largest absolute Gasteiger partial charge is 0.349 e. The van der Waals surface area contributed by atoms with Gasteiger partial charge < -0.3 is 10.3 Å². The number of hydrogen-bond acceptors (Lipinski definition) is 5. The normalized spacial score (nSPS) is 13.4. The third kappa shape index (κ3) is 4.95. The maximum absolute atomic E-state index is 12.8. The molecular formula is C23H30N4O2S. The lowest BCUT2D eigenvalue weighted by molar-refractivity contribution is 0.0909. The number of H-pyrrole nitrogens is 1. The van der Waals surface area contributed by atoms with E-state index >= 15 is 0 Å². The molecule has 0 aromatic carbocycles. The van der Waals surface area contributed by atoms with Crippen molar-refractivity contribution in [3.8, 4) is 10.6 Å². The highest BCUT2D eigenvalue weighted by Crippen LogP contribution is 2.31. The first-order valence-electron chi connectivity index (χ1n) is 10.1. The van der Waals surface area contributed by atoms with Gasteiger partial charge in [0.05, 0.1) is 27.2 Å². The summed E-state index contributed by atoms with van der Waals surface area (Å²) in [6.45, 7) is 14.4. The fourth-order valence-electron chi connectivity index (χ4n) is 2.87. The third-order valence-corrected chi connectivity index (χ3v) is 6.25. The van der Waals surface area contributed by atoms with Crippen LogP contribution in [0.15, 0.2) is 24.5 Å². The van der Waals surface area contributed by atoms with Crippen molar-refractivity contribution in [1.29, 1.82) is 0 Å². The average Bonchev–Trinajstić information content (AvgIpc) is 3.26. The van der Waals surface area contributed by atoms with Crippen molar-refractivity contribution in [2.45, 2.75) is 60.9 Å². The smallest absolute Gasteiger partial charge is 0.255 e. The van der Waals surface area contributed by atoms with E-state index in [1.165, 1.54) is 11.3 Å². The van der Waals surface area contributed by atoms with E-state index in [-0.39, 0.29) is 28.6 Å². The molecule has 3 heterocycles. The van der Waals surface area contributed by atoms with Crippen LogP contribution in [-0.4, -0.2) is 32.7 Å². The first-order chi connectivity index (χ1) is 13.8. The number of Topliss-reactive ketones (excluding diaryl/α,β-unsaturated/α-hetero) is 1. The maximum Gasteiger partial charge on any atom is 0.255 e. The molecule has 0 unspecified atom stereocenters. The van der Waals surface area contributed by atoms with E-state index in [1.807, 2.05) is 19.1 Å². The Balaban J connectivity index is 1.88. The number of fused-ring (bicyclic) bond motifs is 1. The minimum Gasteiger partial charge on any atom is -0.349 e. The second kappa shape index (κ2) is 7.95. The number of amides is 1. The van der Waals surface area contributed by atoms with Crippen molar-refractivity contribution in [3.05, 3.63) is 35.0 Å². The van der Waals surface area contributed by atoms with Crippen LogP contribution >= 0.6 is 11.3 Å². The Morgan fingerprint density at radius 3 is 2.50 bits per heavy atom. The van der Waals surface area contributed by atoms with Gasteiger partial charge in [-0.25, -0.2) is 9.97 Å². The fraction of sp³-hybridized carbons (Fsp3) is 0.478. The molecule has 0 aliphatic heterocycles. The molecule has 30 heavy (non-hydrogen) atoms. The summed E-state index contributed by atoms with van der Waals surface area (Å²) in [5.74, 6) is -0.0481. The fourth-order valence-corrected chi connectivity index (χ4v) is 3.77. The highest BCUT2D eigenvalue weighted by Gasteiger charge is 2.24. The number of carbonyl (C=O) groups excluding carboxylic acids is 2. The first-order valence-corrected chi connectivity index (χ1v) is 11.0. The van der Waals surface area contributed by atoms with Crippen LogP contribution in [0, 0.1) is 10.8 Å². The van der Waals surface area contributed by atoms with Crippen molar-refractivity contribution >= 4 is 34.2 Å². The Hall–Kier alpha value is -2.54. The topological polar surface area (TPSA) is 87.7 Å². The molecule has 0 spiro atoms. The lowest BCUT2D eigenvalue weighted by Gasteiger charge is -2.27. The molecule has 0 saturated carbocycles. The van der Waals surface area contributed by atoms with Crippen LogP contribution in [0.25, 0.3) is 21.7 Å². The van der Waals surface area contributed by atoms with Crippen molar-refractivity contribution in [2.75, 3.05) is 0 Å². The second-order valence-corrected chi connectivity index (χ2v) is 11.1. The SMILES string of the molecule is C[C@H](NC(=O)c1c[nH]c2ncc(-c3ccc(C(=O)CC(C)(C)C)s3)nc12)C(C)(C)C. The summed E-state index contributed by atoms with van der Waals surface area (Å²) in [5, 5.41) is 3.05. The van der Waals surface area contributed by atoms with Crippen LogP contribution < -0.4 is 5.32 Å². The summed E-state index contributed by atoms with van der Waals surface area (Å²) >= 11 is 1.41. The maximum atomic E-state index is 12.8. The third-order valence-electron chi connectivity index (χ3n) is 5.10. The predicted molar refractivity (Wildman–Crippen MR) is 122 cm³/mol. The Morgan fingerprint density at radius 1 is 1.17 bits per heavy atom. The molecular weight excluding hydrogens is 396 g/mol. The molecule has 2 N–H and O–H groups in total. The van der Waals surface area contributed by atoms with Crippen LogP contribution in [0.2, 0.25) is 0 Å². The molecule has 1 atom stereocenters. The van der Waals surface area contributed by atoms with Crippen molar-refractivity contribution in [2.24, 2.45) is 10.8 Å². The molecule has 7 heteroatoms.